The molecule has 2 aromatic rings. The van der Waals surface area contributed by atoms with E-state index in [1.807, 2.05) is 26.8 Å². The molecule has 0 radical (unpaired) electrons. The molecule has 0 spiro atoms. The highest BCUT2D eigenvalue weighted by molar-refractivity contribution is 5.73. The van der Waals surface area contributed by atoms with Crippen LogP contribution in [0.2, 0.25) is 0 Å². The van der Waals surface area contributed by atoms with Gasteiger partial charge >= 0.3 is 5.97 Å². The number of hydrogen-bond acceptors (Lipinski definition) is 1. The van der Waals surface area contributed by atoms with Crippen LogP contribution in [0.4, 0.5) is 0 Å². The van der Waals surface area contributed by atoms with Gasteiger partial charge in [-0.25, -0.2) is 0 Å². The quantitative estimate of drug-likeness (QED) is 0.545. The molecule has 0 aliphatic rings. The Morgan fingerprint density at radius 1 is 0.963 bits per heavy atom. The summed E-state index contributed by atoms with van der Waals surface area (Å²) in [7, 11) is 0. The molecule has 0 bridgehead atoms. The first kappa shape index (κ1) is 22.7. The van der Waals surface area contributed by atoms with Gasteiger partial charge in [-0.1, -0.05) is 93.9 Å². The van der Waals surface area contributed by atoms with E-state index in [1.165, 1.54) is 16.7 Å². The summed E-state index contributed by atoms with van der Waals surface area (Å²) in [5.74, 6) is -0.832. The minimum atomic E-state index is -0.777. The molecule has 0 saturated carbocycles. The average Bonchev–Trinajstić information content (AvgIpc) is 2.73. The zero-order chi connectivity index (χ0) is 20.4. The molecule has 2 aromatic carbocycles. The fourth-order valence-electron chi connectivity index (χ4n) is 3.09. The van der Waals surface area contributed by atoms with Crippen molar-refractivity contribution in [2.75, 3.05) is 0 Å². The first-order valence-electron chi connectivity index (χ1n) is 9.99. The van der Waals surface area contributed by atoms with E-state index in [2.05, 4.69) is 68.5 Å². The summed E-state index contributed by atoms with van der Waals surface area (Å²) in [5.41, 5.74) is 4.71. The molecule has 146 valence electrons. The Balaban J connectivity index is 0.00000176. The van der Waals surface area contributed by atoms with Crippen LogP contribution in [-0.2, 0) is 11.2 Å². The zero-order valence-corrected chi connectivity index (χ0v) is 17.6. The number of benzene rings is 2. The highest BCUT2D eigenvalue weighted by Gasteiger charge is 2.21. The second-order valence-corrected chi connectivity index (χ2v) is 6.79. The molecule has 0 saturated heterocycles. The summed E-state index contributed by atoms with van der Waals surface area (Å²) in [6, 6.07) is 19.1. The number of carbonyl (C=O) groups is 1. The molecule has 1 N–H and O–H groups in total. The number of carboxylic acid groups (broad SMARTS) is 1. The third-order valence-corrected chi connectivity index (χ3v) is 5.13. The molecule has 0 heterocycles. The summed E-state index contributed by atoms with van der Waals surface area (Å²) in [5, 5.41) is 9.32. The van der Waals surface area contributed by atoms with Crippen LogP contribution < -0.4 is 0 Å². The molecular weight excluding hydrogens is 332 g/mol. The zero-order valence-electron chi connectivity index (χ0n) is 17.6. The number of carboxylic acids is 1. The van der Waals surface area contributed by atoms with Crippen molar-refractivity contribution in [3.05, 3.63) is 82.9 Å². The maximum atomic E-state index is 11.3. The molecule has 0 aromatic heterocycles. The van der Waals surface area contributed by atoms with Gasteiger partial charge in [0.15, 0.2) is 0 Å². The van der Waals surface area contributed by atoms with Crippen LogP contribution in [0.3, 0.4) is 0 Å². The first-order valence-corrected chi connectivity index (χ1v) is 9.99. The average molecular weight is 367 g/mol. The Bertz CT molecular complexity index is 714. The monoisotopic (exact) mass is 366 g/mol. The maximum absolute atomic E-state index is 11.3. The van der Waals surface area contributed by atoms with Crippen LogP contribution in [0.1, 0.15) is 70.1 Å². The molecule has 3 unspecified atom stereocenters. The van der Waals surface area contributed by atoms with E-state index >= 15 is 0 Å². The van der Waals surface area contributed by atoms with E-state index < -0.39 is 11.9 Å². The smallest absolute Gasteiger partial charge is 0.310 e. The number of rotatable bonds is 7. The van der Waals surface area contributed by atoms with Gasteiger partial charge in [0, 0.05) is 5.92 Å². The largest absolute Gasteiger partial charge is 0.481 e. The van der Waals surface area contributed by atoms with Crippen LogP contribution in [0, 0.1) is 5.92 Å². The number of aliphatic carboxylic acids is 1. The molecule has 2 nitrogen and oxygen atoms in total. The van der Waals surface area contributed by atoms with Gasteiger partial charge in [-0.2, -0.15) is 0 Å². The van der Waals surface area contributed by atoms with Gasteiger partial charge in [0.25, 0.3) is 0 Å². The Morgan fingerprint density at radius 2 is 1.52 bits per heavy atom. The van der Waals surface area contributed by atoms with Crippen LogP contribution in [0.25, 0.3) is 0 Å². The van der Waals surface area contributed by atoms with Gasteiger partial charge in [-0.3, -0.25) is 4.79 Å². The van der Waals surface area contributed by atoms with Crippen molar-refractivity contribution in [2.24, 2.45) is 5.92 Å². The van der Waals surface area contributed by atoms with Crippen molar-refractivity contribution in [3.8, 4) is 0 Å². The molecule has 3 atom stereocenters. The maximum Gasteiger partial charge on any atom is 0.310 e. The van der Waals surface area contributed by atoms with Crippen molar-refractivity contribution < 1.29 is 9.90 Å². The van der Waals surface area contributed by atoms with Crippen LogP contribution in [0.15, 0.2) is 66.2 Å². The van der Waals surface area contributed by atoms with E-state index in [9.17, 15) is 9.90 Å². The topological polar surface area (TPSA) is 37.3 Å². The van der Waals surface area contributed by atoms with Crippen molar-refractivity contribution in [3.63, 3.8) is 0 Å². The summed E-state index contributed by atoms with van der Waals surface area (Å²) >= 11 is 0. The Hall–Kier alpha value is -2.35. The van der Waals surface area contributed by atoms with Crippen LogP contribution >= 0.6 is 0 Å². The van der Waals surface area contributed by atoms with E-state index in [1.54, 1.807) is 6.92 Å². The molecule has 0 aliphatic heterocycles. The molecular formula is C25H34O2. The third kappa shape index (κ3) is 6.39. The van der Waals surface area contributed by atoms with E-state index in [-0.39, 0.29) is 11.8 Å². The number of allylic oxidation sites excluding steroid dienone is 1. The molecule has 2 rings (SSSR count). The van der Waals surface area contributed by atoms with Gasteiger partial charge in [-0.15, -0.1) is 0 Å². The predicted octanol–water partition coefficient (Wildman–Crippen LogP) is 6.83. The van der Waals surface area contributed by atoms with Crippen LogP contribution in [-0.4, -0.2) is 11.1 Å². The lowest BCUT2D eigenvalue weighted by Gasteiger charge is -2.24. The Kier molecular flexibility index (Phi) is 9.56. The second kappa shape index (κ2) is 11.4. The van der Waals surface area contributed by atoms with Crippen molar-refractivity contribution in [1.82, 2.24) is 0 Å². The molecule has 0 aliphatic carbocycles. The molecule has 0 amide bonds. The normalized spacial score (nSPS) is 14.5. The van der Waals surface area contributed by atoms with Crippen molar-refractivity contribution >= 4 is 5.97 Å². The standard InChI is InChI=1S/C23H28O2.C2H6/c1-5-19-11-13-21(14-12-19)22(15-16(2)17(3)23(24)25)18(4)20-9-7-6-8-10-20;1-2/h6-15,17-18,22H,5H2,1-4H3,(H,24,25);1-2H3. The van der Waals surface area contributed by atoms with E-state index in [0.717, 1.165) is 12.0 Å². The minimum absolute atomic E-state index is 0.148. The fraction of sp³-hybridized carbons (Fsp3) is 0.400. The van der Waals surface area contributed by atoms with Gasteiger partial charge in [0.1, 0.15) is 0 Å². The van der Waals surface area contributed by atoms with Gasteiger partial charge in [-0.05, 0) is 42.9 Å². The lowest BCUT2D eigenvalue weighted by atomic mass is 9.80. The fourth-order valence-corrected chi connectivity index (χ4v) is 3.09. The lowest BCUT2D eigenvalue weighted by Crippen LogP contribution is -2.13. The van der Waals surface area contributed by atoms with Crippen molar-refractivity contribution in [1.29, 1.82) is 0 Å². The highest BCUT2D eigenvalue weighted by Crippen LogP contribution is 2.35. The van der Waals surface area contributed by atoms with Gasteiger partial charge in [0.05, 0.1) is 5.92 Å². The first-order chi connectivity index (χ1) is 12.9. The Labute approximate surface area is 165 Å². The lowest BCUT2D eigenvalue weighted by molar-refractivity contribution is -0.139. The minimum Gasteiger partial charge on any atom is -0.481 e. The molecule has 2 heteroatoms. The third-order valence-electron chi connectivity index (χ3n) is 5.13. The Morgan fingerprint density at radius 3 is 2.00 bits per heavy atom. The highest BCUT2D eigenvalue weighted by atomic mass is 16.4. The summed E-state index contributed by atoms with van der Waals surface area (Å²) in [6.45, 7) is 12.0. The second-order valence-electron chi connectivity index (χ2n) is 6.79. The van der Waals surface area contributed by atoms with E-state index in [4.69, 9.17) is 0 Å². The summed E-state index contributed by atoms with van der Waals surface area (Å²) < 4.78 is 0. The SMILES string of the molecule is CC.CCc1ccc(C(C=C(C)C(C)C(=O)O)C(C)c2ccccc2)cc1. The van der Waals surface area contributed by atoms with Gasteiger partial charge < -0.3 is 5.11 Å². The summed E-state index contributed by atoms with van der Waals surface area (Å²) in [4.78, 5) is 11.3. The molecule has 0 fully saturated rings. The predicted molar refractivity (Wildman–Crippen MR) is 115 cm³/mol. The van der Waals surface area contributed by atoms with Crippen LogP contribution in [0.5, 0.6) is 0 Å². The summed E-state index contributed by atoms with van der Waals surface area (Å²) in [6.07, 6.45) is 3.15. The molecule has 27 heavy (non-hydrogen) atoms. The number of hydrogen-bond donors (Lipinski definition) is 1. The van der Waals surface area contributed by atoms with Gasteiger partial charge in [0.2, 0.25) is 0 Å². The van der Waals surface area contributed by atoms with E-state index in [0.29, 0.717) is 0 Å². The number of aryl methyl sites for hydroxylation is 1. The van der Waals surface area contributed by atoms with Crippen molar-refractivity contribution in [2.45, 2.75) is 59.8 Å².